The van der Waals surface area contributed by atoms with Crippen LogP contribution in [-0.4, -0.2) is 29.7 Å². The van der Waals surface area contributed by atoms with Crippen LogP contribution in [0.15, 0.2) is 46.3 Å². The molecule has 0 aliphatic carbocycles. The van der Waals surface area contributed by atoms with Gasteiger partial charge >= 0.3 is 11.8 Å². The second kappa shape index (κ2) is 5.57. The van der Waals surface area contributed by atoms with Crippen LogP contribution in [-0.2, 0) is 14.8 Å². The van der Waals surface area contributed by atoms with Crippen LogP contribution < -0.4 is 5.69 Å². The third-order valence-corrected chi connectivity index (χ3v) is 4.45. The molecule has 0 aliphatic rings. The molecule has 2 aromatic rings. The van der Waals surface area contributed by atoms with E-state index in [2.05, 4.69) is 4.74 Å². The van der Waals surface area contributed by atoms with Gasteiger partial charge in [-0.2, -0.15) is 3.97 Å². The van der Waals surface area contributed by atoms with E-state index in [-0.39, 0.29) is 11.5 Å². The molecule has 0 unspecified atom stereocenters. The van der Waals surface area contributed by atoms with Crippen molar-refractivity contribution in [1.82, 2.24) is 8.54 Å². The van der Waals surface area contributed by atoms with Crippen LogP contribution >= 0.6 is 0 Å². The molecule has 0 bridgehead atoms. The number of hydrogen-bond donors (Lipinski definition) is 0. The van der Waals surface area contributed by atoms with Gasteiger partial charge in [-0.15, -0.1) is 0 Å². The highest BCUT2D eigenvalue weighted by Gasteiger charge is 2.22. The average molecular weight is 310 g/mol. The second-order valence-corrected chi connectivity index (χ2v) is 6.08. The molecule has 0 amide bonds. The Bertz CT molecular complexity index is 815. The third kappa shape index (κ3) is 2.75. The maximum Gasteiger partial charge on any atom is 0.422 e. The van der Waals surface area contributed by atoms with E-state index in [4.69, 9.17) is 0 Å². The fourth-order valence-electron chi connectivity index (χ4n) is 1.70. The highest BCUT2D eigenvalue weighted by Crippen LogP contribution is 2.12. The molecule has 0 N–H and O–H groups in total. The lowest BCUT2D eigenvalue weighted by Gasteiger charge is -2.05. The summed E-state index contributed by atoms with van der Waals surface area (Å²) in [7, 11) is -4.04. The lowest BCUT2D eigenvalue weighted by Crippen LogP contribution is -2.32. The van der Waals surface area contributed by atoms with Gasteiger partial charge in [-0.3, -0.25) is 0 Å². The Morgan fingerprint density at radius 3 is 2.38 bits per heavy atom. The topological polar surface area (TPSA) is 87.4 Å². The first-order valence-electron chi connectivity index (χ1n) is 6.17. The number of carbonyl (C=O) groups excluding carboxylic acids is 1. The molecule has 7 nitrogen and oxygen atoms in total. The Morgan fingerprint density at radius 2 is 1.81 bits per heavy atom. The molecular weight excluding hydrogens is 296 g/mol. The molecule has 0 saturated heterocycles. The van der Waals surface area contributed by atoms with E-state index in [0.29, 0.717) is 8.54 Å². The zero-order valence-electron chi connectivity index (χ0n) is 11.5. The maximum atomic E-state index is 12.4. The molecule has 0 radical (unpaired) electrons. The maximum absolute atomic E-state index is 12.4. The fourth-order valence-corrected chi connectivity index (χ4v) is 2.92. The monoisotopic (exact) mass is 310 g/mol. The smallest absolute Gasteiger partial charge is 0.422 e. The second-order valence-electron chi connectivity index (χ2n) is 4.26. The van der Waals surface area contributed by atoms with Crippen LogP contribution in [0.4, 0.5) is 4.79 Å². The molecule has 0 atom stereocenters. The number of hydrogen-bond acceptors (Lipinski definition) is 5. The minimum Gasteiger partial charge on any atom is -0.449 e. The van der Waals surface area contributed by atoms with E-state index in [1.807, 2.05) is 6.92 Å². The van der Waals surface area contributed by atoms with E-state index in [0.717, 1.165) is 18.0 Å². The van der Waals surface area contributed by atoms with Gasteiger partial charge in [0, 0.05) is 12.4 Å². The average Bonchev–Trinajstić information content (AvgIpc) is 2.82. The summed E-state index contributed by atoms with van der Waals surface area (Å²) < 4.78 is 30.5. The molecule has 112 valence electrons. The van der Waals surface area contributed by atoms with Crippen molar-refractivity contribution >= 4 is 16.1 Å². The van der Waals surface area contributed by atoms with Crippen molar-refractivity contribution in [2.45, 2.75) is 18.7 Å². The van der Waals surface area contributed by atoms with Crippen molar-refractivity contribution in [1.29, 1.82) is 0 Å². The minimum absolute atomic E-state index is 0.0307. The number of aryl methyl sites for hydroxylation is 1. The van der Waals surface area contributed by atoms with Gasteiger partial charge in [0.2, 0.25) is 0 Å². The number of aromatic nitrogens is 2. The summed E-state index contributed by atoms with van der Waals surface area (Å²) in [6.07, 6.45) is 1.17. The van der Waals surface area contributed by atoms with Crippen LogP contribution in [0.2, 0.25) is 0 Å². The van der Waals surface area contributed by atoms with Crippen LogP contribution in [0.5, 0.6) is 0 Å². The normalized spacial score (nSPS) is 11.3. The molecule has 0 spiro atoms. The van der Waals surface area contributed by atoms with E-state index in [1.165, 1.54) is 12.1 Å². The first-order valence-corrected chi connectivity index (χ1v) is 7.61. The summed E-state index contributed by atoms with van der Waals surface area (Å²) in [6, 6.07) is 6.05. The molecule has 1 heterocycles. The van der Waals surface area contributed by atoms with E-state index < -0.39 is 21.8 Å². The Balaban J connectivity index is 2.49. The summed E-state index contributed by atoms with van der Waals surface area (Å²) in [5, 5.41) is 0. The zero-order chi connectivity index (χ0) is 15.6. The molecule has 2 rings (SSSR count). The van der Waals surface area contributed by atoms with Gasteiger partial charge in [-0.1, -0.05) is 17.7 Å². The number of ether oxygens (including phenoxy) is 1. The first-order chi connectivity index (χ1) is 9.87. The molecule has 8 heteroatoms. The Morgan fingerprint density at radius 1 is 1.19 bits per heavy atom. The SMILES string of the molecule is CCOC(=O)n1ccn(S(=O)(=O)c2ccc(C)cc2)c1=O. The predicted molar refractivity (Wildman–Crippen MR) is 74.9 cm³/mol. The summed E-state index contributed by atoms with van der Waals surface area (Å²) in [6.45, 7) is 3.49. The lowest BCUT2D eigenvalue weighted by atomic mass is 10.2. The highest BCUT2D eigenvalue weighted by molar-refractivity contribution is 7.90. The van der Waals surface area contributed by atoms with Gasteiger partial charge in [0.1, 0.15) is 0 Å². The first kappa shape index (κ1) is 15.0. The molecule has 21 heavy (non-hydrogen) atoms. The highest BCUT2D eigenvalue weighted by atomic mass is 32.2. The fraction of sp³-hybridized carbons (Fsp3) is 0.231. The number of imidazole rings is 1. The van der Waals surface area contributed by atoms with Gasteiger partial charge in [-0.25, -0.2) is 22.6 Å². The van der Waals surface area contributed by atoms with Crippen LogP contribution in [0, 0.1) is 6.92 Å². The minimum atomic E-state index is -4.04. The zero-order valence-corrected chi connectivity index (χ0v) is 12.3. The van der Waals surface area contributed by atoms with Crippen LogP contribution in [0.25, 0.3) is 0 Å². The van der Waals surface area contributed by atoms with Gasteiger partial charge in [-0.05, 0) is 26.0 Å². The van der Waals surface area contributed by atoms with Gasteiger partial charge in [0.25, 0.3) is 10.0 Å². The quantitative estimate of drug-likeness (QED) is 0.850. The van der Waals surface area contributed by atoms with Crippen molar-refractivity contribution in [3.8, 4) is 0 Å². The Kier molecular flexibility index (Phi) is 3.99. The summed E-state index contributed by atoms with van der Waals surface area (Å²) in [4.78, 5) is 23.5. The number of benzene rings is 1. The third-order valence-electron chi connectivity index (χ3n) is 2.79. The van der Waals surface area contributed by atoms with Crippen molar-refractivity contribution < 1.29 is 17.9 Å². The summed E-state index contributed by atoms with van der Waals surface area (Å²) >= 11 is 0. The summed E-state index contributed by atoms with van der Waals surface area (Å²) in [5.74, 6) is 0. The molecule has 1 aromatic carbocycles. The Hall–Kier alpha value is -2.35. The molecule has 1 aromatic heterocycles. The van der Waals surface area contributed by atoms with Gasteiger partial charge < -0.3 is 4.74 Å². The van der Waals surface area contributed by atoms with Crippen molar-refractivity contribution in [3.63, 3.8) is 0 Å². The van der Waals surface area contributed by atoms with Crippen LogP contribution in [0.1, 0.15) is 12.5 Å². The summed E-state index contributed by atoms with van der Waals surface area (Å²) in [5.41, 5.74) is -0.0978. The van der Waals surface area contributed by atoms with E-state index >= 15 is 0 Å². The van der Waals surface area contributed by atoms with Crippen molar-refractivity contribution in [2.75, 3.05) is 6.61 Å². The van der Waals surface area contributed by atoms with Crippen molar-refractivity contribution in [2.24, 2.45) is 0 Å². The number of carbonyl (C=O) groups is 1. The van der Waals surface area contributed by atoms with Crippen molar-refractivity contribution in [3.05, 3.63) is 52.7 Å². The Labute approximate surface area is 121 Å². The largest absolute Gasteiger partial charge is 0.449 e. The van der Waals surface area contributed by atoms with Crippen LogP contribution in [0.3, 0.4) is 0 Å². The lowest BCUT2D eigenvalue weighted by molar-refractivity contribution is 0.153. The predicted octanol–water partition coefficient (Wildman–Crippen LogP) is 1.20. The van der Waals surface area contributed by atoms with Gasteiger partial charge in [0.15, 0.2) is 0 Å². The molecule has 0 aliphatic heterocycles. The standard InChI is InChI=1S/C13H14N2O5S/c1-3-20-13(17)14-8-9-15(12(14)16)21(18,19)11-6-4-10(2)5-7-11/h4-9H,3H2,1-2H3. The molecular formula is C13H14N2O5S. The van der Waals surface area contributed by atoms with E-state index in [9.17, 15) is 18.0 Å². The number of rotatable bonds is 3. The van der Waals surface area contributed by atoms with E-state index in [1.54, 1.807) is 19.1 Å². The molecule has 0 saturated carbocycles. The molecule has 0 fully saturated rings. The number of nitrogens with zero attached hydrogens (tertiary/aromatic N) is 2. The van der Waals surface area contributed by atoms with Gasteiger partial charge in [0.05, 0.1) is 11.5 Å².